The minimum absolute atomic E-state index is 0.0694. The molecule has 1 saturated heterocycles. The Morgan fingerprint density at radius 3 is 2.33 bits per heavy atom. The Hall–Kier alpha value is -1.06. The van der Waals surface area contributed by atoms with Crippen LogP contribution in [0, 0.1) is 11.8 Å². The highest BCUT2D eigenvalue weighted by Crippen LogP contribution is 2.31. The minimum Gasteiger partial charge on any atom is -0.343 e. The molecule has 0 radical (unpaired) electrons. The van der Waals surface area contributed by atoms with Crippen molar-refractivity contribution < 1.29 is 9.59 Å². The van der Waals surface area contributed by atoms with E-state index in [-0.39, 0.29) is 23.9 Å². The molecular formula is C17H30N2O2. The van der Waals surface area contributed by atoms with E-state index in [1.54, 1.807) is 6.92 Å². The van der Waals surface area contributed by atoms with Crippen LogP contribution in [-0.4, -0.2) is 35.3 Å². The van der Waals surface area contributed by atoms with Gasteiger partial charge in [0.25, 0.3) is 0 Å². The summed E-state index contributed by atoms with van der Waals surface area (Å²) in [5.74, 6) is 1.03. The molecule has 2 atom stereocenters. The van der Waals surface area contributed by atoms with Gasteiger partial charge in [0.2, 0.25) is 11.8 Å². The minimum atomic E-state index is -0.369. The normalized spacial score (nSPS) is 28.1. The van der Waals surface area contributed by atoms with Crippen molar-refractivity contribution in [2.24, 2.45) is 11.8 Å². The van der Waals surface area contributed by atoms with E-state index in [1.165, 1.54) is 19.3 Å². The van der Waals surface area contributed by atoms with Gasteiger partial charge in [-0.05, 0) is 31.6 Å². The van der Waals surface area contributed by atoms with Crippen LogP contribution in [0.25, 0.3) is 0 Å². The van der Waals surface area contributed by atoms with Crippen molar-refractivity contribution in [3.8, 4) is 0 Å². The van der Waals surface area contributed by atoms with Gasteiger partial charge < -0.3 is 10.2 Å². The zero-order valence-corrected chi connectivity index (χ0v) is 13.7. The van der Waals surface area contributed by atoms with Gasteiger partial charge in [-0.3, -0.25) is 9.59 Å². The van der Waals surface area contributed by atoms with E-state index >= 15 is 0 Å². The maximum atomic E-state index is 12.6. The highest BCUT2D eigenvalue weighted by molar-refractivity contribution is 5.96. The summed E-state index contributed by atoms with van der Waals surface area (Å²) < 4.78 is 0. The number of piperazine rings is 1. The van der Waals surface area contributed by atoms with Crippen molar-refractivity contribution in [3.63, 3.8) is 0 Å². The molecule has 1 N–H and O–H groups in total. The van der Waals surface area contributed by atoms with Crippen molar-refractivity contribution in [1.82, 2.24) is 10.2 Å². The maximum Gasteiger partial charge on any atom is 0.245 e. The molecule has 2 fully saturated rings. The zero-order valence-electron chi connectivity index (χ0n) is 13.7. The maximum absolute atomic E-state index is 12.6. The van der Waals surface area contributed by atoms with Crippen LogP contribution in [0.15, 0.2) is 0 Å². The van der Waals surface area contributed by atoms with Crippen LogP contribution in [-0.2, 0) is 9.59 Å². The number of nitrogens with zero attached hydrogens (tertiary/aromatic N) is 1. The second kappa shape index (κ2) is 7.28. The van der Waals surface area contributed by atoms with Crippen molar-refractivity contribution in [2.45, 2.75) is 77.8 Å². The van der Waals surface area contributed by atoms with Gasteiger partial charge in [-0.15, -0.1) is 0 Å². The Labute approximate surface area is 128 Å². The van der Waals surface area contributed by atoms with E-state index in [4.69, 9.17) is 0 Å². The predicted molar refractivity (Wildman–Crippen MR) is 83.8 cm³/mol. The fourth-order valence-electron chi connectivity index (χ4n) is 3.83. The first-order chi connectivity index (χ1) is 10.1. The summed E-state index contributed by atoms with van der Waals surface area (Å²) in [5.41, 5.74) is 0. The molecule has 4 nitrogen and oxygen atoms in total. The van der Waals surface area contributed by atoms with Crippen LogP contribution < -0.4 is 5.32 Å². The van der Waals surface area contributed by atoms with E-state index in [1.807, 2.05) is 4.90 Å². The van der Waals surface area contributed by atoms with Gasteiger partial charge in [0.05, 0.1) is 0 Å². The summed E-state index contributed by atoms with van der Waals surface area (Å²) in [6.07, 6.45) is 7.94. The predicted octanol–water partition coefficient (Wildman–Crippen LogP) is 2.72. The molecule has 1 heterocycles. The van der Waals surface area contributed by atoms with Crippen LogP contribution in [0.4, 0.5) is 0 Å². The summed E-state index contributed by atoms with van der Waals surface area (Å²) in [7, 11) is 0. The summed E-state index contributed by atoms with van der Waals surface area (Å²) in [5, 5.41) is 2.89. The second-order valence-electron chi connectivity index (χ2n) is 6.75. The van der Waals surface area contributed by atoms with Gasteiger partial charge in [0.1, 0.15) is 12.1 Å². The molecule has 1 aliphatic heterocycles. The third-order valence-corrected chi connectivity index (χ3v) is 5.32. The summed E-state index contributed by atoms with van der Waals surface area (Å²) >= 11 is 0. The van der Waals surface area contributed by atoms with Gasteiger partial charge in [-0.25, -0.2) is 0 Å². The Kier molecular flexibility index (Phi) is 5.65. The molecule has 0 aromatic carbocycles. The average Bonchev–Trinajstić information content (AvgIpc) is 2.50. The number of hydrogen-bond donors (Lipinski definition) is 1. The third-order valence-electron chi connectivity index (χ3n) is 5.32. The van der Waals surface area contributed by atoms with E-state index in [0.717, 1.165) is 32.2 Å². The molecule has 1 saturated carbocycles. The molecule has 0 bridgehead atoms. The fraction of sp³-hybridized carbons (Fsp3) is 0.882. The molecule has 2 unspecified atom stereocenters. The summed E-state index contributed by atoms with van der Waals surface area (Å²) in [6.45, 7) is 6.88. The molecule has 21 heavy (non-hydrogen) atoms. The Balaban J connectivity index is 2.18. The summed E-state index contributed by atoms with van der Waals surface area (Å²) in [4.78, 5) is 27.0. The molecule has 2 aliphatic rings. The number of nitrogens with one attached hydrogen (secondary N) is 1. The molecule has 0 spiro atoms. The van der Waals surface area contributed by atoms with Crippen molar-refractivity contribution in [1.29, 1.82) is 0 Å². The summed E-state index contributed by atoms with van der Waals surface area (Å²) in [6, 6.07) is -0.596. The van der Waals surface area contributed by atoms with E-state index in [2.05, 4.69) is 19.2 Å². The van der Waals surface area contributed by atoms with Crippen LogP contribution in [0.2, 0.25) is 0 Å². The topological polar surface area (TPSA) is 49.4 Å². The van der Waals surface area contributed by atoms with Gasteiger partial charge >= 0.3 is 0 Å². The number of amides is 2. The molecule has 4 heteroatoms. The average molecular weight is 294 g/mol. The van der Waals surface area contributed by atoms with E-state index < -0.39 is 0 Å². The van der Waals surface area contributed by atoms with Crippen LogP contribution in [0.5, 0.6) is 0 Å². The molecule has 2 rings (SSSR count). The Bertz CT molecular complexity index is 373. The largest absolute Gasteiger partial charge is 0.343 e. The van der Waals surface area contributed by atoms with Gasteiger partial charge in [0.15, 0.2) is 0 Å². The van der Waals surface area contributed by atoms with E-state index in [9.17, 15) is 9.59 Å². The number of hydrogen-bond acceptors (Lipinski definition) is 2. The van der Waals surface area contributed by atoms with Crippen molar-refractivity contribution in [2.75, 3.05) is 6.54 Å². The quantitative estimate of drug-likeness (QED) is 0.847. The van der Waals surface area contributed by atoms with Gasteiger partial charge in [-0.1, -0.05) is 46.0 Å². The molecule has 2 amide bonds. The van der Waals surface area contributed by atoms with Crippen LogP contribution in [0.3, 0.4) is 0 Å². The lowest BCUT2D eigenvalue weighted by atomic mass is 9.81. The molecule has 1 aliphatic carbocycles. The highest BCUT2D eigenvalue weighted by Gasteiger charge is 2.43. The van der Waals surface area contributed by atoms with Gasteiger partial charge in [-0.2, -0.15) is 0 Å². The first-order valence-corrected chi connectivity index (χ1v) is 8.69. The van der Waals surface area contributed by atoms with Crippen molar-refractivity contribution >= 4 is 11.8 Å². The Morgan fingerprint density at radius 1 is 1.14 bits per heavy atom. The number of carbonyl (C=O) groups is 2. The van der Waals surface area contributed by atoms with E-state index in [0.29, 0.717) is 11.8 Å². The number of carbonyl (C=O) groups excluding carboxylic acids is 2. The Morgan fingerprint density at radius 2 is 1.76 bits per heavy atom. The van der Waals surface area contributed by atoms with Crippen LogP contribution in [0.1, 0.15) is 65.7 Å². The zero-order chi connectivity index (χ0) is 15.4. The fourth-order valence-corrected chi connectivity index (χ4v) is 3.83. The SMILES string of the molecule is CCC(CC)CN1C(=O)C(C)NC(=O)C1C1CCCCC1. The number of rotatable bonds is 5. The standard InChI is InChI=1S/C17H30N2O2/c1-4-13(5-2)11-19-15(14-9-7-6-8-10-14)16(20)18-12(3)17(19)21/h12-15H,4-11H2,1-3H3,(H,18,20). The lowest BCUT2D eigenvalue weighted by Gasteiger charge is -2.44. The molecular weight excluding hydrogens is 264 g/mol. The monoisotopic (exact) mass is 294 g/mol. The lowest BCUT2D eigenvalue weighted by Crippen LogP contribution is -2.65. The van der Waals surface area contributed by atoms with Gasteiger partial charge in [0, 0.05) is 6.54 Å². The molecule has 0 aromatic rings. The second-order valence-corrected chi connectivity index (χ2v) is 6.75. The highest BCUT2D eigenvalue weighted by atomic mass is 16.2. The third kappa shape index (κ3) is 3.58. The molecule has 120 valence electrons. The van der Waals surface area contributed by atoms with Crippen LogP contribution >= 0.6 is 0 Å². The molecule has 0 aromatic heterocycles. The smallest absolute Gasteiger partial charge is 0.245 e. The van der Waals surface area contributed by atoms with Crippen molar-refractivity contribution in [3.05, 3.63) is 0 Å². The lowest BCUT2D eigenvalue weighted by molar-refractivity contribution is -0.152. The first kappa shape index (κ1) is 16.3. The first-order valence-electron chi connectivity index (χ1n) is 8.69.